The molecule has 0 aromatic rings. The fourth-order valence-electron chi connectivity index (χ4n) is 0.385. The van der Waals surface area contributed by atoms with Gasteiger partial charge in [0.1, 0.15) is 12.4 Å². The lowest BCUT2D eigenvalue weighted by Gasteiger charge is -2.23. The van der Waals surface area contributed by atoms with Crippen LogP contribution in [0.25, 0.3) is 0 Å². The predicted molar refractivity (Wildman–Crippen MR) is 30.9 cm³/mol. The Bertz CT molecular complexity index is 111. The molecule has 0 aliphatic heterocycles. The topological polar surface area (TPSA) is 98.0 Å². The third-order valence-corrected chi connectivity index (χ3v) is 1.09. The molecule has 0 heterocycles. The molecule has 5 heteroatoms. The summed E-state index contributed by atoms with van der Waals surface area (Å²) in [6, 6.07) is 0. The molecular weight excluding hydrogens is 140 g/mol. The van der Waals surface area contributed by atoms with Gasteiger partial charge in [0.2, 0.25) is 5.79 Å². The van der Waals surface area contributed by atoms with E-state index in [9.17, 15) is 4.79 Å². The number of aliphatic hydroxyl groups is 4. The summed E-state index contributed by atoms with van der Waals surface area (Å²) in [6.07, 6.45) is -1.70. The number of hydrogen-bond donors (Lipinski definition) is 4. The van der Waals surface area contributed by atoms with Crippen molar-refractivity contribution in [1.82, 2.24) is 0 Å². The van der Waals surface area contributed by atoms with Gasteiger partial charge in [-0.15, -0.1) is 0 Å². The quantitative estimate of drug-likeness (QED) is 0.265. The number of aliphatic hydroxyl groups excluding tert-OH is 2. The van der Waals surface area contributed by atoms with Crippen LogP contribution in [-0.4, -0.2) is 45.2 Å². The maximum absolute atomic E-state index is 9.71. The van der Waals surface area contributed by atoms with Crippen LogP contribution < -0.4 is 0 Å². The summed E-state index contributed by atoms with van der Waals surface area (Å²) in [7, 11) is 0. The van der Waals surface area contributed by atoms with Crippen molar-refractivity contribution in [2.45, 2.75) is 18.3 Å². The van der Waals surface area contributed by atoms with E-state index in [4.69, 9.17) is 20.4 Å². The van der Waals surface area contributed by atoms with E-state index in [0.717, 1.165) is 0 Å². The van der Waals surface area contributed by atoms with E-state index in [1.54, 1.807) is 0 Å². The van der Waals surface area contributed by atoms with Crippen molar-refractivity contribution in [1.29, 1.82) is 0 Å². The second-order valence-electron chi connectivity index (χ2n) is 1.95. The van der Waals surface area contributed by atoms with Gasteiger partial charge in [-0.05, 0) is 0 Å². The van der Waals surface area contributed by atoms with Gasteiger partial charge >= 0.3 is 0 Å². The third-order valence-electron chi connectivity index (χ3n) is 1.09. The molecule has 0 aliphatic carbocycles. The van der Waals surface area contributed by atoms with E-state index in [1.165, 1.54) is 0 Å². The molecule has 0 rings (SSSR count). The van der Waals surface area contributed by atoms with Crippen LogP contribution in [0.2, 0.25) is 0 Å². The first-order valence-corrected chi connectivity index (χ1v) is 2.72. The zero-order chi connectivity index (χ0) is 8.20. The minimum Gasteiger partial charge on any atom is -0.391 e. The van der Waals surface area contributed by atoms with Crippen LogP contribution in [0.5, 0.6) is 0 Å². The Balaban J connectivity index is 3.89. The van der Waals surface area contributed by atoms with E-state index in [2.05, 4.69) is 0 Å². The van der Waals surface area contributed by atoms with Gasteiger partial charge in [-0.2, -0.15) is 0 Å². The van der Waals surface area contributed by atoms with E-state index in [0.29, 0.717) is 6.29 Å². The summed E-state index contributed by atoms with van der Waals surface area (Å²) in [4.78, 5) is 9.71. The minimum atomic E-state index is -2.57. The van der Waals surface area contributed by atoms with Crippen molar-refractivity contribution in [3.8, 4) is 0 Å². The highest BCUT2D eigenvalue weighted by molar-refractivity contribution is 5.50. The molecule has 0 radical (unpaired) electrons. The van der Waals surface area contributed by atoms with Gasteiger partial charge in [-0.1, -0.05) is 0 Å². The molecule has 0 aromatic heterocycles. The van der Waals surface area contributed by atoms with E-state index < -0.39 is 24.9 Å². The predicted octanol–water partition coefficient (Wildman–Crippen LogP) is -2.39. The largest absolute Gasteiger partial charge is 0.391 e. The standard InChI is InChI=1S/C5H10O5/c6-2-1-4(8)5(9,10)3-7/h2,4,7-10H,1,3H2/t4-/m0/s1. The van der Waals surface area contributed by atoms with Crippen LogP contribution in [-0.2, 0) is 4.79 Å². The van der Waals surface area contributed by atoms with Crippen LogP contribution in [0.4, 0.5) is 0 Å². The summed E-state index contributed by atoms with van der Waals surface area (Å²) in [6.45, 7) is -0.998. The van der Waals surface area contributed by atoms with Crippen LogP contribution in [0.3, 0.4) is 0 Å². The van der Waals surface area contributed by atoms with Crippen molar-refractivity contribution in [2.75, 3.05) is 6.61 Å². The Morgan fingerprint density at radius 1 is 1.50 bits per heavy atom. The lowest BCUT2D eigenvalue weighted by atomic mass is 10.1. The lowest BCUT2D eigenvalue weighted by Crippen LogP contribution is -2.45. The molecule has 0 unspecified atom stereocenters. The Morgan fingerprint density at radius 2 is 2.00 bits per heavy atom. The molecule has 0 saturated heterocycles. The van der Waals surface area contributed by atoms with Crippen LogP contribution in [0, 0.1) is 0 Å². The summed E-state index contributed by atoms with van der Waals surface area (Å²) in [5, 5.41) is 34.1. The first-order chi connectivity index (χ1) is 4.54. The second kappa shape index (κ2) is 3.62. The molecular formula is C5H10O5. The Hall–Kier alpha value is -0.490. The monoisotopic (exact) mass is 150 g/mol. The first kappa shape index (κ1) is 9.51. The zero-order valence-corrected chi connectivity index (χ0v) is 5.27. The highest BCUT2D eigenvalue weighted by Gasteiger charge is 2.31. The molecule has 1 atom stereocenters. The highest BCUT2D eigenvalue weighted by atomic mass is 16.5. The van der Waals surface area contributed by atoms with Crippen molar-refractivity contribution in [3.63, 3.8) is 0 Å². The molecule has 0 saturated carbocycles. The smallest absolute Gasteiger partial charge is 0.213 e. The highest BCUT2D eigenvalue weighted by Crippen LogP contribution is 2.07. The SMILES string of the molecule is O=CC[C@H](O)C(O)(O)CO. The van der Waals surface area contributed by atoms with Crippen molar-refractivity contribution >= 4 is 6.29 Å². The number of aldehydes is 1. The summed E-state index contributed by atoms with van der Waals surface area (Å²) in [5.74, 6) is -2.57. The molecule has 5 nitrogen and oxygen atoms in total. The number of hydrogen-bond acceptors (Lipinski definition) is 5. The minimum absolute atomic E-state index is 0.335. The van der Waals surface area contributed by atoms with Crippen LogP contribution >= 0.6 is 0 Å². The maximum Gasteiger partial charge on any atom is 0.213 e. The van der Waals surface area contributed by atoms with E-state index >= 15 is 0 Å². The maximum atomic E-state index is 9.71. The van der Waals surface area contributed by atoms with Gasteiger partial charge in [0.05, 0.1) is 6.61 Å². The molecule has 0 aromatic carbocycles. The molecule has 0 amide bonds. The number of rotatable bonds is 4. The van der Waals surface area contributed by atoms with Gasteiger partial charge in [0.15, 0.2) is 0 Å². The molecule has 0 aliphatic rings. The summed E-state index contributed by atoms with van der Waals surface area (Å²) < 4.78 is 0. The molecule has 4 N–H and O–H groups in total. The molecule has 0 bridgehead atoms. The second-order valence-corrected chi connectivity index (χ2v) is 1.95. The first-order valence-electron chi connectivity index (χ1n) is 2.72. The van der Waals surface area contributed by atoms with Crippen molar-refractivity contribution in [2.24, 2.45) is 0 Å². The Kier molecular flexibility index (Phi) is 3.45. The van der Waals surface area contributed by atoms with E-state index in [-0.39, 0.29) is 0 Å². The lowest BCUT2D eigenvalue weighted by molar-refractivity contribution is -0.242. The summed E-state index contributed by atoms with van der Waals surface area (Å²) >= 11 is 0. The average Bonchev–Trinajstić information content (AvgIpc) is 1.89. The van der Waals surface area contributed by atoms with Gasteiger partial charge in [-0.3, -0.25) is 0 Å². The molecule has 0 fully saturated rings. The van der Waals surface area contributed by atoms with Crippen molar-refractivity contribution < 1.29 is 25.2 Å². The summed E-state index contributed by atoms with van der Waals surface area (Å²) in [5.41, 5.74) is 0. The fourth-order valence-corrected chi connectivity index (χ4v) is 0.385. The molecule has 10 heavy (non-hydrogen) atoms. The van der Waals surface area contributed by atoms with Gasteiger partial charge in [-0.25, -0.2) is 0 Å². The molecule has 0 spiro atoms. The van der Waals surface area contributed by atoms with Gasteiger partial charge in [0.25, 0.3) is 0 Å². The average molecular weight is 150 g/mol. The Morgan fingerprint density at radius 3 is 2.30 bits per heavy atom. The van der Waals surface area contributed by atoms with Gasteiger partial charge in [0, 0.05) is 6.42 Å². The van der Waals surface area contributed by atoms with Gasteiger partial charge < -0.3 is 25.2 Å². The fraction of sp³-hybridized carbons (Fsp3) is 0.800. The van der Waals surface area contributed by atoms with E-state index in [1.807, 2.05) is 0 Å². The Labute approximate surface area is 57.5 Å². The number of carbonyl (C=O) groups excluding carboxylic acids is 1. The third kappa shape index (κ3) is 2.40. The molecule has 60 valence electrons. The van der Waals surface area contributed by atoms with Crippen LogP contribution in [0.15, 0.2) is 0 Å². The number of carbonyl (C=O) groups is 1. The van der Waals surface area contributed by atoms with Crippen LogP contribution in [0.1, 0.15) is 6.42 Å². The van der Waals surface area contributed by atoms with Crippen molar-refractivity contribution in [3.05, 3.63) is 0 Å². The zero-order valence-electron chi connectivity index (χ0n) is 5.27. The normalized spacial score (nSPS) is 14.8.